The van der Waals surface area contributed by atoms with Crippen LogP contribution in [0.1, 0.15) is 28.8 Å². The molecule has 140 valence electrons. The number of fused-ring (bicyclic) bond motifs is 3. The molecule has 0 atom stereocenters. The molecule has 0 radical (unpaired) electrons. The van der Waals surface area contributed by atoms with E-state index in [9.17, 15) is 4.79 Å². The van der Waals surface area contributed by atoms with Crippen LogP contribution in [0.15, 0.2) is 49.6 Å². The van der Waals surface area contributed by atoms with Gasteiger partial charge in [-0.05, 0) is 50.3 Å². The average Bonchev–Trinajstić information content (AvgIpc) is 3.05. The monoisotopic (exact) mass is 434 g/mol. The standard InChI is InChI=1S/C20H19ClN2OS3/c1-12-6-8-13(9-7-12)26-14(10-21)11-25-20-22-18(24)17-15-4-2-3-5-16(15)27-19(17)23-20/h6-10H,2-5,11H2,1H3,(H,22,23,24)/b14-10+. The minimum atomic E-state index is -0.00973. The number of nitrogens with zero attached hydrogens (tertiary/aromatic N) is 1. The fourth-order valence-electron chi connectivity index (χ4n) is 3.19. The van der Waals surface area contributed by atoms with Gasteiger partial charge >= 0.3 is 0 Å². The van der Waals surface area contributed by atoms with E-state index in [2.05, 4.69) is 36.2 Å². The SMILES string of the molecule is Cc1ccc(S/C(=C/Cl)CSc2nc3sc4c(c3c(=O)[nH]2)CCCC4)cc1. The van der Waals surface area contributed by atoms with Gasteiger partial charge in [-0.15, -0.1) is 11.3 Å². The molecule has 0 spiro atoms. The molecule has 2 aromatic heterocycles. The number of benzene rings is 1. The van der Waals surface area contributed by atoms with Crippen molar-refractivity contribution >= 4 is 56.7 Å². The third-order valence-electron chi connectivity index (χ3n) is 4.55. The quantitative estimate of drug-likeness (QED) is 0.387. The Hall–Kier alpha value is -1.21. The zero-order valence-corrected chi connectivity index (χ0v) is 18.1. The molecule has 4 rings (SSSR count). The predicted octanol–water partition coefficient (Wildman–Crippen LogP) is 6.14. The number of H-pyrrole nitrogens is 1. The Morgan fingerprint density at radius 1 is 1.30 bits per heavy atom. The van der Waals surface area contributed by atoms with Gasteiger partial charge in [-0.25, -0.2) is 4.98 Å². The highest BCUT2D eigenvalue weighted by Gasteiger charge is 2.19. The number of thiophene rings is 1. The Morgan fingerprint density at radius 2 is 2.07 bits per heavy atom. The first-order chi connectivity index (χ1) is 13.1. The van der Waals surface area contributed by atoms with Crippen LogP contribution in [0.5, 0.6) is 0 Å². The molecule has 1 aromatic carbocycles. The summed E-state index contributed by atoms with van der Waals surface area (Å²) in [6.45, 7) is 2.07. The van der Waals surface area contributed by atoms with Crippen LogP contribution in [0.4, 0.5) is 0 Å². The van der Waals surface area contributed by atoms with Crippen molar-refractivity contribution in [2.45, 2.75) is 42.7 Å². The van der Waals surface area contributed by atoms with Crippen molar-refractivity contribution in [3.05, 3.63) is 61.1 Å². The number of aryl methyl sites for hydroxylation is 3. The maximum Gasteiger partial charge on any atom is 0.260 e. The van der Waals surface area contributed by atoms with Crippen molar-refractivity contribution in [1.29, 1.82) is 0 Å². The molecule has 0 aliphatic heterocycles. The topological polar surface area (TPSA) is 45.8 Å². The van der Waals surface area contributed by atoms with E-state index in [1.807, 2.05) is 0 Å². The first-order valence-corrected chi connectivity index (χ1v) is 11.9. The molecule has 0 saturated carbocycles. The van der Waals surface area contributed by atoms with Gasteiger partial charge in [0, 0.05) is 26.0 Å². The Morgan fingerprint density at radius 3 is 2.85 bits per heavy atom. The summed E-state index contributed by atoms with van der Waals surface area (Å²) in [5, 5.41) is 1.47. The van der Waals surface area contributed by atoms with Gasteiger partial charge in [0.25, 0.3) is 5.56 Å². The van der Waals surface area contributed by atoms with Gasteiger partial charge in [0.05, 0.1) is 5.39 Å². The first-order valence-electron chi connectivity index (χ1n) is 8.85. The summed E-state index contributed by atoms with van der Waals surface area (Å²) in [7, 11) is 0. The summed E-state index contributed by atoms with van der Waals surface area (Å²) in [5.41, 5.74) is 4.06. The number of hydrogen-bond donors (Lipinski definition) is 1. The lowest BCUT2D eigenvalue weighted by Crippen LogP contribution is -2.11. The number of aromatic nitrogens is 2. The molecule has 0 unspecified atom stereocenters. The highest BCUT2D eigenvalue weighted by atomic mass is 35.5. The lowest BCUT2D eigenvalue weighted by molar-refractivity contribution is 0.700. The minimum absolute atomic E-state index is 0.00973. The number of aromatic amines is 1. The number of rotatable bonds is 5. The summed E-state index contributed by atoms with van der Waals surface area (Å²) in [6, 6.07) is 8.36. The third kappa shape index (κ3) is 4.29. The number of thioether (sulfide) groups is 2. The van der Waals surface area contributed by atoms with Crippen LogP contribution in [-0.4, -0.2) is 15.7 Å². The van der Waals surface area contributed by atoms with E-state index in [1.54, 1.807) is 28.6 Å². The van der Waals surface area contributed by atoms with Gasteiger partial charge in [-0.3, -0.25) is 4.79 Å². The van der Waals surface area contributed by atoms with E-state index in [-0.39, 0.29) is 5.56 Å². The molecule has 1 N–H and O–H groups in total. The molecular weight excluding hydrogens is 416 g/mol. The molecule has 3 nitrogen and oxygen atoms in total. The Labute approximate surface area is 175 Å². The van der Waals surface area contributed by atoms with E-state index < -0.39 is 0 Å². The largest absolute Gasteiger partial charge is 0.301 e. The molecule has 1 aliphatic carbocycles. The second kappa shape index (κ2) is 8.43. The lowest BCUT2D eigenvalue weighted by atomic mass is 9.97. The smallest absolute Gasteiger partial charge is 0.260 e. The molecule has 0 fully saturated rings. The summed E-state index contributed by atoms with van der Waals surface area (Å²) >= 11 is 10.9. The first kappa shape index (κ1) is 19.1. The van der Waals surface area contributed by atoms with Gasteiger partial charge in [-0.1, -0.05) is 52.8 Å². The van der Waals surface area contributed by atoms with Gasteiger partial charge < -0.3 is 4.98 Å². The van der Waals surface area contributed by atoms with Crippen molar-refractivity contribution in [3.63, 3.8) is 0 Å². The van der Waals surface area contributed by atoms with Crippen molar-refractivity contribution < 1.29 is 0 Å². The lowest BCUT2D eigenvalue weighted by Gasteiger charge is -2.09. The molecule has 2 heterocycles. The van der Waals surface area contributed by atoms with E-state index >= 15 is 0 Å². The van der Waals surface area contributed by atoms with E-state index in [0.717, 1.165) is 39.3 Å². The van der Waals surface area contributed by atoms with Crippen molar-refractivity contribution in [2.75, 3.05) is 5.75 Å². The van der Waals surface area contributed by atoms with E-state index in [4.69, 9.17) is 16.6 Å². The van der Waals surface area contributed by atoms with Gasteiger partial charge in [-0.2, -0.15) is 0 Å². The number of hydrogen-bond acceptors (Lipinski definition) is 5. The van der Waals surface area contributed by atoms with Gasteiger partial charge in [0.15, 0.2) is 5.16 Å². The van der Waals surface area contributed by atoms with E-state index in [0.29, 0.717) is 10.9 Å². The summed E-state index contributed by atoms with van der Waals surface area (Å²) in [6.07, 6.45) is 4.44. The zero-order chi connectivity index (χ0) is 18.8. The fourth-order valence-corrected chi connectivity index (χ4v) is 6.53. The average molecular weight is 435 g/mol. The number of halogens is 1. The van der Waals surface area contributed by atoms with Crippen LogP contribution < -0.4 is 5.56 Å². The summed E-state index contributed by atoms with van der Waals surface area (Å²) in [4.78, 5) is 24.7. The Balaban J connectivity index is 1.51. The molecule has 0 amide bonds. The molecule has 27 heavy (non-hydrogen) atoms. The maximum atomic E-state index is 12.6. The zero-order valence-electron chi connectivity index (χ0n) is 14.9. The minimum Gasteiger partial charge on any atom is -0.301 e. The van der Waals surface area contributed by atoms with Crippen LogP contribution in [-0.2, 0) is 12.8 Å². The van der Waals surface area contributed by atoms with Crippen LogP contribution in [0.2, 0.25) is 0 Å². The Bertz CT molecular complexity index is 1050. The molecule has 0 saturated heterocycles. The van der Waals surface area contributed by atoms with E-state index in [1.165, 1.54) is 34.2 Å². The van der Waals surface area contributed by atoms with Crippen molar-refractivity contribution in [3.8, 4) is 0 Å². The highest BCUT2D eigenvalue weighted by Crippen LogP contribution is 2.35. The second-order valence-corrected chi connectivity index (χ2v) is 10.0. The van der Waals surface area contributed by atoms with Crippen LogP contribution in [0, 0.1) is 6.92 Å². The predicted molar refractivity (Wildman–Crippen MR) is 119 cm³/mol. The fraction of sp³-hybridized carbons (Fsp3) is 0.300. The summed E-state index contributed by atoms with van der Waals surface area (Å²) < 4.78 is 0. The molecule has 1 aliphatic rings. The highest BCUT2D eigenvalue weighted by molar-refractivity contribution is 8.05. The number of nitrogens with one attached hydrogen (secondary N) is 1. The van der Waals surface area contributed by atoms with Gasteiger partial charge in [0.2, 0.25) is 0 Å². The van der Waals surface area contributed by atoms with Gasteiger partial charge in [0.1, 0.15) is 4.83 Å². The normalized spacial score (nSPS) is 14.5. The van der Waals surface area contributed by atoms with Crippen molar-refractivity contribution in [2.24, 2.45) is 0 Å². The second-order valence-electron chi connectivity index (χ2n) is 6.54. The molecule has 3 aromatic rings. The molecule has 7 heteroatoms. The van der Waals surface area contributed by atoms with Crippen molar-refractivity contribution in [1.82, 2.24) is 9.97 Å². The van der Waals surface area contributed by atoms with Crippen LogP contribution in [0.3, 0.4) is 0 Å². The summed E-state index contributed by atoms with van der Waals surface area (Å²) in [5.74, 6) is 0.668. The third-order valence-corrected chi connectivity index (χ3v) is 8.26. The molecular formula is C20H19ClN2OS3. The molecule has 0 bridgehead atoms. The maximum absolute atomic E-state index is 12.6. The van der Waals surface area contributed by atoms with Crippen LogP contribution in [0.25, 0.3) is 10.2 Å². The van der Waals surface area contributed by atoms with Crippen LogP contribution >= 0.6 is 46.5 Å². The Kier molecular flexibility index (Phi) is 5.97.